The van der Waals surface area contributed by atoms with Crippen molar-refractivity contribution in [3.8, 4) is 0 Å². The van der Waals surface area contributed by atoms with Crippen LogP contribution < -0.4 is 5.32 Å². The van der Waals surface area contributed by atoms with E-state index in [4.69, 9.17) is 0 Å². The highest BCUT2D eigenvalue weighted by atomic mass is 16.2. The van der Waals surface area contributed by atoms with E-state index in [2.05, 4.69) is 30.5 Å². The molecule has 0 unspecified atom stereocenters. The molecule has 2 aliphatic heterocycles. The van der Waals surface area contributed by atoms with Gasteiger partial charge in [0.1, 0.15) is 11.5 Å². The van der Waals surface area contributed by atoms with Crippen LogP contribution in [0.15, 0.2) is 18.6 Å². The molecule has 0 aromatic carbocycles. The average molecular weight is 357 g/mol. The number of nitrogens with zero attached hydrogens (tertiary/aromatic N) is 5. The molecule has 0 atom stereocenters. The number of aromatic nitrogens is 5. The van der Waals surface area contributed by atoms with Crippen molar-refractivity contribution in [3.05, 3.63) is 30.1 Å². The second-order valence-corrected chi connectivity index (χ2v) is 7.56. The lowest BCUT2D eigenvalue weighted by atomic mass is 9.73. The van der Waals surface area contributed by atoms with Gasteiger partial charge in [-0.1, -0.05) is 18.1 Å². The molecule has 8 heteroatoms. The van der Waals surface area contributed by atoms with Crippen LogP contribution in [0, 0.1) is 5.41 Å². The Bertz CT molecular complexity index is 716. The topological polar surface area (TPSA) is 91.7 Å². The maximum atomic E-state index is 13.0. The standard InChI is InChI=1S/C18H27N7O/c26-17-18(5-10-24(11-6-18)14-16-19-7-8-20-16)4-2-1-3-9-25-13-15(12-21-17)22-23-25/h7-8,13H,1-6,9-12,14H2,(H,19,20)(H,21,26). The Morgan fingerprint density at radius 2 is 2.00 bits per heavy atom. The van der Waals surface area contributed by atoms with E-state index >= 15 is 0 Å². The SMILES string of the molecule is O=C1NCc2cn(nn2)CCCCCC12CCN(Cc1ncc[nH]1)CC2. The minimum Gasteiger partial charge on any atom is -0.350 e. The number of carbonyl (C=O) groups excluding carboxylic acids is 1. The molecule has 0 saturated carbocycles. The lowest BCUT2D eigenvalue weighted by molar-refractivity contribution is -0.135. The van der Waals surface area contributed by atoms with Gasteiger partial charge in [-0.2, -0.15) is 0 Å². The van der Waals surface area contributed by atoms with Gasteiger partial charge in [0.15, 0.2) is 0 Å². The predicted molar refractivity (Wildman–Crippen MR) is 95.9 cm³/mol. The number of hydrogen-bond donors (Lipinski definition) is 2. The number of likely N-dealkylation sites (tertiary alicyclic amines) is 1. The number of nitrogens with one attached hydrogen (secondary N) is 2. The van der Waals surface area contributed by atoms with Gasteiger partial charge < -0.3 is 10.3 Å². The van der Waals surface area contributed by atoms with E-state index in [1.54, 1.807) is 6.20 Å². The van der Waals surface area contributed by atoms with Crippen molar-refractivity contribution in [3.63, 3.8) is 0 Å². The molecule has 2 N–H and O–H groups in total. The Hall–Kier alpha value is -2.22. The van der Waals surface area contributed by atoms with Gasteiger partial charge in [-0.25, -0.2) is 4.98 Å². The number of H-pyrrole nitrogens is 1. The fourth-order valence-corrected chi connectivity index (χ4v) is 4.13. The van der Waals surface area contributed by atoms with Crippen molar-refractivity contribution in [1.29, 1.82) is 0 Å². The molecule has 2 aromatic rings. The molecule has 4 heterocycles. The Balaban J connectivity index is 1.41. The smallest absolute Gasteiger partial charge is 0.226 e. The Morgan fingerprint density at radius 1 is 1.12 bits per heavy atom. The number of aryl methyl sites for hydroxylation is 1. The van der Waals surface area contributed by atoms with E-state index in [-0.39, 0.29) is 11.3 Å². The number of hydrogen-bond acceptors (Lipinski definition) is 5. The third kappa shape index (κ3) is 3.80. The highest BCUT2D eigenvalue weighted by Crippen LogP contribution is 2.37. The van der Waals surface area contributed by atoms with Crippen molar-refractivity contribution in [1.82, 2.24) is 35.2 Å². The summed E-state index contributed by atoms with van der Waals surface area (Å²) in [4.78, 5) is 22.9. The van der Waals surface area contributed by atoms with Crippen LogP contribution in [0.4, 0.5) is 0 Å². The normalized spacial score (nSPS) is 21.8. The second-order valence-electron chi connectivity index (χ2n) is 7.56. The zero-order chi connectivity index (χ0) is 17.8. The van der Waals surface area contributed by atoms with E-state index in [1.165, 1.54) is 0 Å². The van der Waals surface area contributed by atoms with E-state index in [1.807, 2.05) is 17.1 Å². The summed E-state index contributed by atoms with van der Waals surface area (Å²) in [5, 5.41) is 11.4. The first-order valence-electron chi connectivity index (χ1n) is 9.61. The molecule has 4 rings (SSSR count). The first-order chi connectivity index (χ1) is 12.7. The van der Waals surface area contributed by atoms with Crippen LogP contribution in [0.25, 0.3) is 0 Å². The summed E-state index contributed by atoms with van der Waals surface area (Å²) >= 11 is 0. The summed E-state index contributed by atoms with van der Waals surface area (Å²) in [6, 6.07) is 0. The quantitative estimate of drug-likeness (QED) is 0.849. The highest BCUT2D eigenvalue weighted by Gasteiger charge is 2.40. The highest BCUT2D eigenvalue weighted by molar-refractivity contribution is 5.82. The van der Waals surface area contributed by atoms with Gasteiger partial charge in [-0.3, -0.25) is 14.4 Å². The second kappa shape index (κ2) is 7.57. The Labute approximate surface area is 153 Å². The molecule has 2 bridgehead atoms. The molecule has 1 amide bonds. The van der Waals surface area contributed by atoms with Gasteiger partial charge >= 0.3 is 0 Å². The van der Waals surface area contributed by atoms with Crippen molar-refractivity contribution < 1.29 is 4.79 Å². The fraction of sp³-hybridized carbons (Fsp3) is 0.667. The number of piperidine rings is 1. The van der Waals surface area contributed by atoms with Crippen molar-refractivity contribution in [2.24, 2.45) is 5.41 Å². The Kier molecular flexibility index (Phi) is 5.01. The van der Waals surface area contributed by atoms with Gasteiger partial charge in [-0.15, -0.1) is 5.10 Å². The maximum absolute atomic E-state index is 13.0. The van der Waals surface area contributed by atoms with Crippen LogP contribution in [0.5, 0.6) is 0 Å². The molecule has 2 aromatic heterocycles. The van der Waals surface area contributed by atoms with E-state index < -0.39 is 0 Å². The van der Waals surface area contributed by atoms with E-state index in [9.17, 15) is 4.79 Å². The van der Waals surface area contributed by atoms with Crippen LogP contribution >= 0.6 is 0 Å². The zero-order valence-electron chi connectivity index (χ0n) is 15.2. The van der Waals surface area contributed by atoms with Crippen LogP contribution in [0.3, 0.4) is 0 Å². The summed E-state index contributed by atoms with van der Waals surface area (Å²) in [5.74, 6) is 1.18. The lowest BCUT2D eigenvalue weighted by Gasteiger charge is -2.40. The van der Waals surface area contributed by atoms with Gasteiger partial charge in [0.25, 0.3) is 0 Å². The molecule has 1 spiro atoms. The number of amides is 1. The summed E-state index contributed by atoms with van der Waals surface area (Å²) in [6.07, 6.45) is 11.7. The van der Waals surface area contributed by atoms with Crippen molar-refractivity contribution >= 4 is 5.91 Å². The van der Waals surface area contributed by atoms with Crippen LogP contribution in [0.2, 0.25) is 0 Å². The maximum Gasteiger partial charge on any atom is 0.226 e. The lowest BCUT2D eigenvalue weighted by Crippen LogP contribution is -2.48. The number of carbonyl (C=O) groups is 1. The van der Waals surface area contributed by atoms with Gasteiger partial charge in [0.2, 0.25) is 5.91 Å². The minimum atomic E-state index is -0.241. The molecule has 1 saturated heterocycles. The van der Waals surface area contributed by atoms with E-state index in [0.717, 1.165) is 76.2 Å². The third-order valence-electron chi connectivity index (χ3n) is 5.78. The molecule has 140 valence electrons. The average Bonchev–Trinajstić information content (AvgIpc) is 3.32. The molecular formula is C18H27N7O. The molecule has 26 heavy (non-hydrogen) atoms. The first kappa shape index (κ1) is 17.2. The number of rotatable bonds is 2. The van der Waals surface area contributed by atoms with Gasteiger partial charge in [0.05, 0.1) is 24.7 Å². The van der Waals surface area contributed by atoms with Crippen molar-refractivity contribution in [2.75, 3.05) is 13.1 Å². The summed E-state index contributed by atoms with van der Waals surface area (Å²) in [7, 11) is 0. The summed E-state index contributed by atoms with van der Waals surface area (Å²) < 4.78 is 1.88. The minimum absolute atomic E-state index is 0.185. The fourth-order valence-electron chi connectivity index (χ4n) is 4.13. The van der Waals surface area contributed by atoms with Crippen LogP contribution in [0.1, 0.15) is 50.0 Å². The summed E-state index contributed by atoms with van der Waals surface area (Å²) in [6.45, 7) is 4.07. The molecule has 1 fully saturated rings. The number of imidazole rings is 1. The van der Waals surface area contributed by atoms with Crippen LogP contribution in [-0.4, -0.2) is 48.9 Å². The Morgan fingerprint density at radius 3 is 2.81 bits per heavy atom. The van der Waals surface area contributed by atoms with E-state index in [0.29, 0.717) is 6.54 Å². The van der Waals surface area contributed by atoms with Gasteiger partial charge in [0, 0.05) is 18.9 Å². The zero-order valence-corrected chi connectivity index (χ0v) is 15.2. The molecule has 8 nitrogen and oxygen atoms in total. The first-order valence-corrected chi connectivity index (χ1v) is 9.61. The largest absolute Gasteiger partial charge is 0.350 e. The molecule has 2 aliphatic rings. The predicted octanol–water partition coefficient (Wildman–Crippen LogP) is 1.47. The van der Waals surface area contributed by atoms with Crippen molar-refractivity contribution in [2.45, 2.75) is 58.2 Å². The summed E-state index contributed by atoms with van der Waals surface area (Å²) in [5.41, 5.74) is 0.596. The molecule has 0 radical (unpaired) electrons. The van der Waals surface area contributed by atoms with Gasteiger partial charge in [-0.05, 0) is 38.8 Å². The molecular weight excluding hydrogens is 330 g/mol. The third-order valence-corrected chi connectivity index (χ3v) is 5.78. The number of fused-ring (bicyclic) bond motifs is 2. The number of aromatic amines is 1. The monoisotopic (exact) mass is 357 g/mol. The molecule has 0 aliphatic carbocycles. The van der Waals surface area contributed by atoms with Crippen LogP contribution in [-0.2, 0) is 24.4 Å².